The Hall–Kier alpha value is -0.300. The molecule has 1 heterocycles. The lowest BCUT2D eigenvalue weighted by Crippen LogP contribution is -2.36. The van der Waals surface area contributed by atoms with Crippen LogP contribution in [-0.4, -0.2) is 26.8 Å². The van der Waals surface area contributed by atoms with Crippen LogP contribution in [0.3, 0.4) is 0 Å². The van der Waals surface area contributed by atoms with Crippen molar-refractivity contribution in [2.75, 3.05) is 26.8 Å². The van der Waals surface area contributed by atoms with E-state index in [1.807, 2.05) is 7.05 Å². The molecule has 0 aliphatic carbocycles. The quantitative estimate of drug-likeness (QED) is 0.705. The number of nitrogens with one attached hydrogen (secondary N) is 1. The van der Waals surface area contributed by atoms with Crippen LogP contribution >= 0.6 is 12.4 Å². The molecule has 0 radical (unpaired) electrons. The molecule has 0 unspecified atom stereocenters. The Bertz CT molecular complexity index is 155. The smallest absolute Gasteiger partial charge is 0.0741 e. The molecular formula is C8H15ClN2O. The highest BCUT2D eigenvalue weighted by atomic mass is 35.5. The van der Waals surface area contributed by atoms with Crippen LogP contribution in [-0.2, 0) is 4.74 Å². The van der Waals surface area contributed by atoms with Crippen LogP contribution in [0, 0.1) is 16.7 Å². The lowest BCUT2D eigenvalue weighted by molar-refractivity contribution is 0.0413. The highest BCUT2D eigenvalue weighted by Crippen LogP contribution is 2.28. The molecule has 0 saturated carbocycles. The third-order valence-corrected chi connectivity index (χ3v) is 2.20. The number of hydrogen-bond donors (Lipinski definition) is 1. The Labute approximate surface area is 79.5 Å². The molecule has 1 N–H and O–H groups in total. The second kappa shape index (κ2) is 5.36. The minimum atomic E-state index is -0.160. The Morgan fingerprint density at radius 2 is 2.08 bits per heavy atom. The van der Waals surface area contributed by atoms with E-state index in [-0.39, 0.29) is 17.8 Å². The average Bonchev–Trinajstić information content (AvgIpc) is 2.07. The first-order valence-corrected chi connectivity index (χ1v) is 3.97. The number of hydrogen-bond acceptors (Lipinski definition) is 3. The van der Waals surface area contributed by atoms with Crippen molar-refractivity contribution in [3.05, 3.63) is 0 Å². The fraction of sp³-hybridized carbons (Fsp3) is 0.875. The van der Waals surface area contributed by atoms with Gasteiger partial charge in [-0.2, -0.15) is 5.26 Å². The second-order valence-electron chi connectivity index (χ2n) is 3.03. The van der Waals surface area contributed by atoms with E-state index in [1.54, 1.807) is 0 Å². The van der Waals surface area contributed by atoms with Gasteiger partial charge in [0, 0.05) is 19.8 Å². The fourth-order valence-corrected chi connectivity index (χ4v) is 1.43. The number of nitriles is 1. The van der Waals surface area contributed by atoms with Crippen LogP contribution in [0.15, 0.2) is 0 Å². The molecule has 0 bridgehead atoms. The molecule has 1 fully saturated rings. The van der Waals surface area contributed by atoms with Crippen LogP contribution in [0.1, 0.15) is 12.8 Å². The fourth-order valence-electron chi connectivity index (χ4n) is 1.43. The summed E-state index contributed by atoms with van der Waals surface area (Å²) in [5, 5.41) is 12.0. The molecule has 1 aliphatic rings. The van der Waals surface area contributed by atoms with Crippen LogP contribution < -0.4 is 5.32 Å². The van der Waals surface area contributed by atoms with E-state index in [9.17, 15) is 0 Å². The van der Waals surface area contributed by atoms with E-state index in [4.69, 9.17) is 10.00 Å². The van der Waals surface area contributed by atoms with E-state index < -0.39 is 0 Å². The summed E-state index contributed by atoms with van der Waals surface area (Å²) in [6, 6.07) is 2.38. The molecule has 4 heteroatoms. The van der Waals surface area contributed by atoms with E-state index in [2.05, 4.69) is 11.4 Å². The van der Waals surface area contributed by atoms with Crippen molar-refractivity contribution in [1.29, 1.82) is 5.26 Å². The topological polar surface area (TPSA) is 45.0 Å². The molecule has 1 rings (SSSR count). The standard InChI is InChI=1S/C8H14N2O.ClH/c1-10-7-8(6-9)2-4-11-5-3-8;/h10H,2-5,7H2,1H3;1H. The van der Waals surface area contributed by atoms with Gasteiger partial charge in [-0.25, -0.2) is 0 Å². The Balaban J connectivity index is 0.00000121. The van der Waals surface area contributed by atoms with Crippen LogP contribution in [0.4, 0.5) is 0 Å². The summed E-state index contributed by atoms with van der Waals surface area (Å²) in [4.78, 5) is 0. The molecule has 0 aromatic carbocycles. The van der Waals surface area contributed by atoms with Gasteiger partial charge in [-0.15, -0.1) is 12.4 Å². The van der Waals surface area contributed by atoms with Crippen LogP contribution in [0.5, 0.6) is 0 Å². The molecule has 12 heavy (non-hydrogen) atoms. The highest BCUT2D eigenvalue weighted by molar-refractivity contribution is 5.85. The zero-order chi connectivity index (χ0) is 8.16. The number of ether oxygens (including phenoxy) is 1. The maximum absolute atomic E-state index is 8.93. The Morgan fingerprint density at radius 3 is 2.50 bits per heavy atom. The summed E-state index contributed by atoms with van der Waals surface area (Å²) in [6.07, 6.45) is 1.73. The van der Waals surface area contributed by atoms with Gasteiger partial charge < -0.3 is 10.1 Å². The molecule has 0 spiro atoms. The van der Waals surface area contributed by atoms with Gasteiger partial charge in [0.2, 0.25) is 0 Å². The summed E-state index contributed by atoms with van der Waals surface area (Å²) < 4.78 is 5.19. The lowest BCUT2D eigenvalue weighted by Gasteiger charge is -2.30. The summed E-state index contributed by atoms with van der Waals surface area (Å²) in [5.41, 5.74) is -0.160. The molecule has 1 saturated heterocycles. The van der Waals surface area contributed by atoms with Gasteiger partial charge in [0.15, 0.2) is 0 Å². The van der Waals surface area contributed by atoms with Gasteiger partial charge >= 0.3 is 0 Å². The maximum Gasteiger partial charge on any atom is 0.0741 e. The van der Waals surface area contributed by atoms with Gasteiger partial charge in [-0.3, -0.25) is 0 Å². The van der Waals surface area contributed by atoms with Crippen LogP contribution in [0.25, 0.3) is 0 Å². The first kappa shape index (κ1) is 11.7. The molecule has 0 aromatic rings. The minimum Gasteiger partial charge on any atom is -0.381 e. The third kappa shape index (κ3) is 2.63. The lowest BCUT2D eigenvalue weighted by atomic mass is 9.82. The van der Waals surface area contributed by atoms with Crippen molar-refractivity contribution in [3.8, 4) is 6.07 Å². The molecule has 1 aliphatic heterocycles. The maximum atomic E-state index is 8.93. The van der Waals surface area contributed by atoms with Crippen molar-refractivity contribution in [2.45, 2.75) is 12.8 Å². The van der Waals surface area contributed by atoms with Gasteiger partial charge in [-0.1, -0.05) is 0 Å². The molecule has 3 nitrogen and oxygen atoms in total. The van der Waals surface area contributed by atoms with Gasteiger partial charge in [0.1, 0.15) is 0 Å². The summed E-state index contributed by atoms with van der Waals surface area (Å²) in [6.45, 7) is 2.25. The monoisotopic (exact) mass is 190 g/mol. The zero-order valence-electron chi connectivity index (χ0n) is 7.30. The van der Waals surface area contributed by atoms with Gasteiger partial charge in [-0.05, 0) is 19.9 Å². The molecule has 0 amide bonds. The number of rotatable bonds is 2. The average molecular weight is 191 g/mol. The summed E-state index contributed by atoms with van der Waals surface area (Å²) in [5.74, 6) is 0. The number of nitrogens with zero attached hydrogens (tertiary/aromatic N) is 1. The molecular weight excluding hydrogens is 176 g/mol. The first-order chi connectivity index (χ1) is 5.33. The third-order valence-electron chi connectivity index (χ3n) is 2.20. The molecule has 70 valence electrons. The van der Waals surface area contributed by atoms with Crippen molar-refractivity contribution in [2.24, 2.45) is 5.41 Å². The molecule has 0 atom stereocenters. The van der Waals surface area contributed by atoms with Gasteiger partial charge in [0.25, 0.3) is 0 Å². The Morgan fingerprint density at radius 1 is 1.50 bits per heavy atom. The van der Waals surface area contributed by atoms with Crippen molar-refractivity contribution < 1.29 is 4.74 Å². The Kier molecular flexibility index (Phi) is 5.23. The highest BCUT2D eigenvalue weighted by Gasteiger charge is 2.31. The van der Waals surface area contributed by atoms with E-state index >= 15 is 0 Å². The predicted octanol–water partition coefficient (Wildman–Crippen LogP) is 0.948. The second-order valence-corrected chi connectivity index (χ2v) is 3.03. The summed E-state index contributed by atoms with van der Waals surface area (Å²) >= 11 is 0. The van der Waals surface area contributed by atoms with Crippen LogP contribution in [0.2, 0.25) is 0 Å². The number of halogens is 1. The first-order valence-electron chi connectivity index (χ1n) is 3.97. The minimum absolute atomic E-state index is 0. The predicted molar refractivity (Wildman–Crippen MR) is 49.3 cm³/mol. The van der Waals surface area contributed by atoms with Crippen molar-refractivity contribution >= 4 is 12.4 Å². The zero-order valence-corrected chi connectivity index (χ0v) is 8.12. The van der Waals surface area contributed by atoms with E-state index in [1.165, 1.54) is 0 Å². The largest absolute Gasteiger partial charge is 0.381 e. The normalized spacial score (nSPS) is 20.7. The van der Waals surface area contributed by atoms with Gasteiger partial charge in [0.05, 0.1) is 11.5 Å². The SMILES string of the molecule is CNCC1(C#N)CCOCC1.Cl. The van der Waals surface area contributed by atoms with E-state index in [0.29, 0.717) is 0 Å². The van der Waals surface area contributed by atoms with E-state index in [0.717, 1.165) is 32.6 Å². The summed E-state index contributed by atoms with van der Waals surface area (Å²) in [7, 11) is 1.88. The van der Waals surface area contributed by atoms with Crippen molar-refractivity contribution in [3.63, 3.8) is 0 Å². The van der Waals surface area contributed by atoms with Crippen molar-refractivity contribution in [1.82, 2.24) is 5.32 Å². The molecule has 0 aromatic heterocycles.